The smallest absolute Gasteiger partial charge is 0.211 e. The van der Waals surface area contributed by atoms with Crippen LogP contribution in [-0.4, -0.2) is 44.6 Å². The third kappa shape index (κ3) is 3.93. The maximum absolute atomic E-state index is 11.2. The third-order valence-electron chi connectivity index (χ3n) is 2.96. The van der Waals surface area contributed by atoms with E-state index in [1.54, 1.807) is 0 Å². The molecule has 1 fully saturated rings. The van der Waals surface area contributed by atoms with Gasteiger partial charge in [-0.25, -0.2) is 12.7 Å². The van der Waals surface area contributed by atoms with Crippen molar-refractivity contribution >= 4 is 21.7 Å². The number of nitrogens with one attached hydrogen (secondary N) is 1. The Morgan fingerprint density at radius 2 is 2.05 bits per heavy atom. The van der Waals surface area contributed by atoms with Gasteiger partial charge >= 0.3 is 0 Å². The molecule has 1 aliphatic heterocycles. The van der Waals surface area contributed by atoms with Crippen LogP contribution in [0.3, 0.4) is 0 Å². The summed E-state index contributed by atoms with van der Waals surface area (Å²) in [6.07, 6.45) is 1.22. The average Bonchev–Trinajstić information content (AvgIpc) is 2.26. The number of nitrogens with two attached hydrogens (primary N) is 1. The van der Waals surface area contributed by atoms with Crippen molar-refractivity contribution in [3.8, 4) is 0 Å². The number of para-hydroxylation sites is 1. The summed E-state index contributed by atoms with van der Waals surface area (Å²) in [6.45, 7) is 1.60. The van der Waals surface area contributed by atoms with Crippen molar-refractivity contribution in [2.45, 2.75) is 0 Å². The minimum absolute atomic E-state index is 0.255. The standard InChI is InChI=1S/C12H18N4O2S/c1-19(17,18)16-8-10(9-16)7-14-12(13)15-11-5-3-2-4-6-11/h2-6,10H,7-9H2,1H3,(H3,13,14,15). The molecule has 1 aromatic carbocycles. The highest BCUT2D eigenvalue weighted by Crippen LogP contribution is 2.18. The summed E-state index contributed by atoms with van der Waals surface area (Å²) in [5.41, 5.74) is 6.64. The SMILES string of the molecule is CS(=O)(=O)N1CC(CN=C(N)Nc2ccccc2)C1. The highest BCUT2D eigenvalue weighted by molar-refractivity contribution is 7.88. The van der Waals surface area contributed by atoms with E-state index in [1.165, 1.54) is 10.6 Å². The summed E-state index contributed by atoms with van der Waals surface area (Å²) in [5, 5.41) is 2.98. The normalized spacial score (nSPS) is 18.1. The molecule has 3 N–H and O–H groups in total. The molecular formula is C12H18N4O2S. The van der Waals surface area contributed by atoms with Crippen molar-refractivity contribution in [3.63, 3.8) is 0 Å². The lowest BCUT2D eigenvalue weighted by Gasteiger charge is -2.36. The van der Waals surface area contributed by atoms with Crippen LogP contribution in [0.5, 0.6) is 0 Å². The number of nitrogens with zero attached hydrogens (tertiary/aromatic N) is 2. The van der Waals surface area contributed by atoms with E-state index in [0.717, 1.165) is 5.69 Å². The quantitative estimate of drug-likeness (QED) is 0.614. The van der Waals surface area contributed by atoms with Crippen LogP contribution in [0, 0.1) is 5.92 Å². The average molecular weight is 282 g/mol. The molecule has 104 valence electrons. The first kappa shape index (κ1) is 13.8. The minimum atomic E-state index is -3.05. The molecule has 1 aromatic rings. The molecule has 0 radical (unpaired) electrons. The van der Waals surface area contributed by atoms with Crippen molar-refractivity contribution in [2.24, 2.45) is 16.6 Å². The predicted molar refractivity (Wildman–Crippen MR) is 76.5 cm³/mol. The van der Waals surface area contributed by atoms with Gasteiger partial charge < -0.3 is 11.1 Å². The molecular weight excluding hydrogens is 264 g/mol. The first-order valence-electron chi connectivity index (χ1n) is 6.02. The zero-order valence-corrected chi connectivity index (χ0v) is 11.6. The summed E-state index contributed by atoms with van der Waals surface area (Å²) in [4.78, 5) is 4.22. The van der Waals surface area contributed by atoms with Gasteiger partial charge in [-0.05, 0) is 12.1 Å². The number of rotatable bonds is 4. The Kier molecular flexibility index (Phi) is 4.06. The predicted octanol–water partition coefficient (Wildman–Crippen LogP) is 0.305. The van der Waals surface area contributed by atoms with Gasteiger partial charge in [0.25, 0.3) is 0 Å². The zero-order chi connectivity index (χ0) is 13.9. The van der Waals surface area contributed by atoms with Crippen molar-refractivity contribution in [2.75, 3.05) is 31.2 Å². The van der Waals surface area contributed by atoms with Crippen molar-refractivity contribution in [1.82, 2.24) is 4.31 Å². The molecule has 0 bridgehead atoms. The van der Waals surface area contributed by atoms with E-state index < -0.39 is 10.0 Å². The van der Waals surface area contributed by atoms with Crippen molar-refractivity contribution in [1.29, 1.82) is 0 Å². The Balaban J connectivity index is 1.78. The Morgan fingerprint density at radius 3 is 2.63 bits per heavy atom. The van der Waals surface area contributed by atoms with E-state index >= 15 is 0 Å². The van der Waals surface area contributed by atoms with Gasteiger partial charge in [0.15, 0.2) is 5.96 Å². The Labute approximate surface area is 113 Å². The Morgan fingerprint density at radius 1 is 1.42 bits per heavy atom. The van der Waals surface area contributed by atoms with E-state index in [-0.39, 0.29) is 5.92 Å². The zero-order valence-electron chi connectivity index (χ0n) is 10.8. The van der Waals surface area contributed by atoms with E-state index in [2.05, 4.69) is 10.3 Å². The van der Waals surface area contributed by atoms with Crippen molar-refractivity contribution < 1.29 is 8.42 Å². The highest BCUT2D eigenvalue weighted by atomic mass is 32.2. The second-order valence-corrected chi connectivity index (χ2v) is 6.65. The molecule has 0 spiro atoms. The monoisotopic (exact) mass is 282 g/mol. The summed E-state index contributed by atoms with van der Waals surface area (Å²) in [7, 11) is -3.05. The van der Waals surface area contributed by atoms with Gasteiger partial charge in [-0.1, -0.05) is 18.2 Å². The number of hydrogen-bond donors (Lipinski definition) is 2. The van der Waals surface area contributed by atoms with Crippen molar-refractivity contribution in [3.05, 3.63) is 30.3 Å². The molecule has 0 aliphatic carbocycles. The number of guanidine groups is 1. The maximum Gasteiger partial charge on any atom is 0.211 e. The van der Waals surface area contributed by atoms with Gasteiger partial charge in [0, 0.05) is 31.2 Å². The topological polar surface area (TPSA) is 87.8 Å². The molecule has 0 amide bonds. The van der Waals surface area contributed by atoms with Gasteiger partial charge in [0.1, 0.15) is 0 Å². The number of benzene rings is 1. The molecule has 1 heterocycles. The van der Waals surface area contributed by atoms with Gasteiger partial charge in [0.2, 0.25) is 10.0 Å². The van der Waals surface area contributed by atoms with Crippen LogP contribution in [0.25, 0.3) is 0 Å². The van der Waals surface area contributed by atoms with E-state index in [1.807, 2.05) is 30.3 Å². The summed E-state index contributed by atoms with van der Waals surface area (Å²) in [6, 6.07) is 9.54. The third-order valence-corrected chi connectivity index (χ3v) is 4.19. The van der Waals surface area contributed by atoms with Crippen LogP contribution in [0.2, 0.25) is 0 Å². The number of anilines is 1. The largest absolute Gasteiger partial charge is 0.370 e. The fourth-order valence-corrected chi connectivity index (χ4v) is 2.81. The van der Waals surface area contributed by atoms with Gasteiger partial charge in [0.05, 0.1) is 6.26 Å². The van der Waals surface area contributed by atoms with Crippen LogP contribution in [0.1, 0.15) is 0 Å². The second-order valence-electron chi connectivity index (χ2n) is 4.66. The maximum atomic E-state index is 11.2. The molecule has 0 saturated carbocycles. The lowest BCUT2D eigenvalue weighted by Crippen LogP contribution is -2.50. The van der Waals surface area contributed by atoms with Gasteiger partial charge in [-0.2, -0.15) is 0 Å². The number of sulfonamides is 1. The summed E-state index contributed by atoms with van der Waals surface area (Å²) < 4.78 is 23.8. The van der Waals surface area contributed by atoms with Gasteiger partial charge in [-0.3, -0.25) is 4.99 Å². The molecule has 19 heavy (non-hydrogen) atoms. The molecule has 1 aliphatic rings. The van der Waals surface area contributed by atoms with Crippen LogP contribution in [0.4, 0.5) is 5.69 Å². The highest BCUT2D eigenvalue weighted by Gasteiger charge is 2.32. The molecule has 2 rings (SSSR count). The molecule has 6 nitrogen and oxygen atoms in total. The Hall–Kier alpha value is -1.60. The fourth-order valence-electron chi connectivity index (χ4n) is 1.85. The Bertz CT molecular complexity index is 550. The summed E-state index contributed by atoms with van der Waals surface area (Å²) in [5.74, 6) is 0.606. The first-order chi connectivity index (χ1) is 8.95. The molecule has 0 aromatic heterocycles. The minimum Gasteiger partial charge on any atom is -0.370 e. The van der Waals surface area contributed by atoms with E-state index in [0.29, 0.717) is 25.6 Å². The molecule has 0 unspecified atom stereocenters. The lowest BCUT2D eigenvalue weighted by atomic mass is 10.0. The van der Waals surface area contributed by atoms with Gasteiger partial charge in [-0.15, -0.1) is 0 Å². The van der Waals surface area contributed by atoms with E-state index in [9.17, 15) is 8.42 Å². The van der Waals surface area contributed by atoms with E-state index in [4.69, 9.17) is 5.73 Å². The number of hydrogen-bond acceptors (Lipinski definition) is 3. The van der Waals surface area contributed by atoms with Crippen LogP contribution < -0.4 is 11.1 Å². The first-order valence-corrected chi connectivity index (χ1v) is 7.87. The summed E-state index contributed by atoms with van der Waals surface area (Å²) >= 11 is 0. The second kappa shape index (κ2) is 5.58. The van der Waals surface area contributed by atoms with Crippen LogP contribution in [0.15, 0.2) is 35.3 Å². The molecule has 7 heteroatoms. The fraction of sp³-hybridized carbons (Fsp3) is 0.417. The molecule has 0 atom stereocenters. The van der Waals surface area contributed by atoms with Crippen LogP contribution >= 0.6 is 0 Å². The van der Waals surface area contributed by atoms with Crippen LogP contribution in [-0.2, 0) is 10.0 Å². The lowest BCUT2D eigenvalue weighted by molar-refractivity contribution is 0.209. The number of aliphatic imine (C=N–C) groups is 1. The molecule has 1 saturated heterocycles.